The van der Waals surface area contributed by atoms with Crippen LogP contribution in [0.2, 0.25) is 0 Å². The smallest absolute Gasteiger partial charge is 0.308 e. The fraction of sp³-hybridized carbons (Fsp3) is 0.467. The Hall–Kier alpha value is -2.24. The minimum Gasteiger partial charge on any atom is -0.497 e. The van der Waals surface area contributed by atoms with Gasteiger partial charge in [0, 0.05) is 31.1 Å². The molecule has 1 amide bonds. The zero-order valence-electron chi connectivity index (χ0n) is 12.2. The molecule has 0 radical (unpaired) electrons. The van der Waals surface area contributed by atoms with Crippen LogP contribution in [-0.2, 0) is 16.1 Å². The molecule has 1 atom stereocenters. The summed E-state index contributed by atoms with van der Waals surface area (Å²) in [5, 5.41) is 9.00. The molecule has 1 N–H and O–H groups in total. The number of aliphatic carboxylic acids is 1. The van der Waals surface area contributed by atoms with Gasteiger partial charge in [-0.2, -0.15) is 0 Å². The number of rotatable bonds is 6. The third kappa shape index (κ3) is 3.45. The maximum atomic E-state index is 11.9. The fourth-order valence-electron chi connectivity index (χ4n) is 2.38. The van der Waals surface area contributed by atoms with E-state index in [0.29, 0.717) is 24.7 Å². The van der Waals surface area contributed by atoms with Crippen molar-refractivity contribution in [3.05, 3.63) is 23.8 Å². The molecule has 1 aromatic rings. The van der Waals surface area contributed by atoms with Gasteiger partial charge in [-0.3, -0.25) is 9.59 Å². The van der Waals surface area contributed by atoms with Crippen LogP contribution in [-0.4, -0.2) is 42.1 Å². The van der Waals surface area contributed by atoms with Crippen LogP contribution in [0.5, 0.6) is 11.5 Å². The van der Waals surface area contributed by atoms with Gasteiger partial charge < -0.3 is 19.5 Å². The summed E-state index contributed by atoms with van der Waals surface area (Å²) in [7, 11) is 1.58. The molecule has 1 saturated heterocycles. The van der Waals surface area contributed by atoms with Crippen LogP contribution < -0.4 is 9.47 Å². The summed E-state index contributed by atoms with van der Waals surface area (Å²) in [6, 6.07) is 5.41. The van der Waals surface area contributed by atoms with E-state index in [1.807, 2.05) is 13.0 Å². The van der Waals surface area contributed by atoms with Gasteiger partial charge in [-0.1, -0.05) is 0 Å². The van der Waals surface area contributed by atoms with E-state index in [1.165, 1.54) is 0 Å². The van der Waals surface area contributed by atoms with E-state index in [4.69, 9.17) is 14.6 Å². The van der Waals surface area contributed by atoms with Crippen LogP contribution >= 0.6 is 0 Å². The van der Waals surface area contributed by atoms with Gasteiger partial charge in [-0.25, -0.2) is 0 Å². The van der Waals surface area contributed by atoms with E-state index in [2.05, 4.69) is 0 Å². The number of benzene rings is 1. The van der Waals surface area contributed by atoms with Crippen LogP contribution in [0.1, 0.15) is 18.9 Å². The zero-order chi connectivity index (χ0) is 15.4. The monoisotopic (exact) mass is 293 g/mol. The highest BCUT2D eigenvalue weighted by Crippen LogP contribution is 2.28. The Kier molecular flexibility index (Phi) is 4.67. The number of carbonyl (C=O) groups is 2. The van der Waals surface area contributed by atoms with Gasteiger partial charge in [0.05, 0.1) is 19.6 Å². The van der Waals surface area contributed by atoms with Crippen molar-refractivity contribution in [3.63, 3.8) is 0 Å². The van der Waals surface area contributed by atoms with Crippen LogP contribution in [0.4, 0.5) is 0 Å². The lowest BCUT2D eigenvalue weighted by Gasteiger charge is -2.19. The average molecular weight is 293 g/mol. The molecule has 1 aromatic carbocycles. The van der Waals surface area contributed by atoms with E-state index in [1.54, 1.807) is 24.1 Å². The second-order valence-electron chi connectivity index (χ2n) is 4.92. The van der Waals surface area contributed by atoms with Crippen molar-refractivity contribution in [1.29, 1.82) is 0 Å². The highest BCUT2D eigenvalue weighted by atomic mass is 16.5. The van der Waals surface area contributed by atoms with Gasteiger partial charge in [0.15, 0.2) is 0 Å². The number of methoxy groups -OCH3 is 1. The molecule has 6 nitrogen and oxygen atoms in total. The quantitative estimate of drug-likeness (QED) is 0.860. The topological polar surface area (TPSA) is 76.1 Å². The highest BCUT2D eigenvalue weighted by Gasteiger charge is 2.34. The van der Waals surface area contributed by atoms with E-state index >= 15 is 0 Å². The summed E-state index contributed by atoms with van der Waals surface area (Å²) in [6.45, 7) is 2.98. The number of carboxylic acids is 1. The number of hydrogen-bond donors (Lipinski definition) is 1. The molecule has 0 aromatic heterocycles. The summed E-state index contributed by atoms with van der Waals surface area (Å²) in [4.78, 5) is 24.4. The van der Waals surface area contributed by atoms with Gasteiger partial charge in [-0.05, 0) is 19.1 Å². The van der Waals surface area contributed by atoms with Crippen molar-refractivity contribution in [2.24, 2.45) is 5.92 Å². The molecule has 1 aliphatic rings. The Labute approximate surface area is 123 Å². The van der Waals surface area contributed by atoms with E-state index in [9.17, 15) is 9.59 Å². The fourth-order valence-corrected chi connectivity index (χ4v) is 2.38. The van der Waals surface area contributed by atoms with Crippen molar-refractivity contribution >= 4 is 11.9 Å². The molecule has 1 heterocycles. The van der Waals surface area contributed by atoms with Crippen molar-refractivity contribution in [2.75, 3.05) is 20.3 Å². The summed E-state index contributed by atoms with van der Waals surface area (Å²) in [6.07, 6.45) is 0.0649. The zero-order valence-corrected chi connectivity index (χ0v) is 12.2. The van der Waals surface area contributed by atoms with Crippen LogP contribution in [0, 0.1) is 5.92 Å². The number of amides is 1. The lowest BCUT2D eigenvalue weighted by Crippen LogP contribution is -2.26. The van der Waals surface area contributed by atoms with E-state index < -0.39 is 11.9 Å². The first-order valence-electron chi connectivity index (χ1n) is 6.85. The molecule has 0 spiro atoms. The molecule has 0 saturated carbocycles. The predicted molar refractivity (Wildman–Crippen MR) is 75.3 cm³/mol. The second-order valence-corrected chi connectivity index (χ2v) is 4.92. The molecule has 2 rings (SSSR count). The van der Waals surface area contributed by atoms with Gasteiger partial charge >= 0.3 is 5.97 Å². The van der Waals surface area contributed by atoms with Crippen LogP contribution in [0.25, 0.3) is 0 Å². The number of ether oxygens (including phenoxy) is 2. The lowest BCUT2D eigenvalue weighted by atomic mass is 10.1. The minimum atomic E-state index is -0.925. The summed E-state index contributed by atoms with van der Waals surface area (Å²) in [5.41, 5.74) is 0.844. The highest BCUT2D eigenvalue weighted by molar-refractivity contribution is 5.86. The standard InChI is InChI=1S/C15H19NO5/c1-3-21-13-7-12(20-2)5-4-10(13)8-16-9-11(15(18)19)6-14(16)17/h4-5,7,11H,3,6,8-9H2,1-2H3,(H,18,19). The summed E-state index contributed by atoms with van der Waals surface area (Å²) >= 11 is 0. The molecule has 0 aliphatic carbocycles. The number of hydrogen-bond acceptors (Lipinski definition) is 4. The first kappa shape index (κ1) is 15.2. The average Bonchev–Trinajstić information content (AvgIpc) is 2.82. The van der Waals surface area contributed by atoms with Crippen molar-refractivity contribution in [3.8, 4) is 11.5 Å². The molecule has 21 heavy (non-hydrogen) atoms. The van der Waals surface area contributed by atoms with Crippen molar-refractivity contribution in [2.45, 2.75) is 19.9 Å². The molecule has 114 valence electrons. The maximum Gasteiger partial charge on any atom is 0.308 e. The molecular weight excluding hydrogens is 274 g/mol. The Balaban J connectivity index is 2.15. The maximum absolute atomic E-state index is 11.9. The molecular formula is C15H19NO5. The Morgan fingerprint density at radius 3 is 2.81 bits per heavy atom. The van der Waals surface area contributed by atoms with Crippen molar-refractivity contribution < 1.29 is 24.2 Å². The van der Waals surface area contributed by atoms with E-state index in [-0.39, 0.29) is 18.9 Å². The van der Waals surface area contributed by atoms with Gasteiger partial charge in [0.25, 0.3) is 0 Å². The largest absolute Gasteiger partial charge is 0.497 e. The first-order chi connectivity index (χ1) is 10.0. The van der Waals surface area contributed by atoms with E-state index in [0.717, 1.165) is 5.56 Å². The molecule has 1 fully saturated rings. The Morgan fingerprint density at radius 2 is 2.24 bits per heavy atom. The third-order valence-electron chi connectivity index (χ3n) is 3.50. The molecule has 1 aliphatic heterocycles. The third-order valence-corrected chi connectivity index (χ3v) is 3.50. The molecule has 6 heteroatoms. The van der Waals surface area contributed by atoms with Gasteiger partial charge in [-0.15, -0.1) is 0 Å². The molecule has 0 bridgehead atoms. The normalized spacial score (nSPS) is 17.9. The predicted octanol–water partition coefficient (Wildman–Crippen LogP) is 1.53. The first-order valence-corrected chi connectivity index (χ1v) is 6.85. The lowest BCUT2D eigenvalue weighted by molar-refractivity contribution is -0.141. The van der Waals surface area contributed by atoms with Gasteiger partial charge in [0.1, 0.15) is 11.5 Å². The van der Waals surface area contributed by atoms with Crippen LogP contribution in [0.3, 0.4) is 0 Å². The Bertz CT molecular complexity index is 543. The number of carbonyl (C=O) groups excluding carboxylic acids is 1. The summed E-state index contributed by atoms with van der Waals surface area (Å²) < 4.78 is 10.7. The Morgan fingerprint density at radius 1 is 1.48 bits per heavy atom. The summed E-state index contributed by atoms with van der Waals surface area (Å²) in [5.74, 6) is -0.348. The molecule has 1 unspecified atom stereocenters. The van der Waals surface area contributed by atoms with Crippen LogP contribution in [0.15, 0.2) is 18.2 Å². The van der Waals surface area contributed by atoms with Gasteiger partial charge in [0.2, 0.25) is 5.91 Å². The number of nitrogens with zero attached hydrogens (tertiary/aromatic N) is 1. The number of likely N-dealkylation sites (tertiary alicyclic amines) is 1. The van der Waals surface area contributed by atoms with Crippen molar-refractivity contribution in [1.82, 2.24) is 4.90 Å². The minimum absolute atomic E-state index is 0.0649. The number of carboxylic acid groups (broad SMARTS) is 1. The SMILES string of the molecule is CCOc1cc(OC)ccc1CN1CC(C(=O)O)CC1=O. The second kappa shape index (κ2) is 6.47.